The molecule has 0 aliphatic heterocycles. The van der Waals surface area contributed by atoms with Crippen molar-refractivity contribution in [1.82, 2.24) is 34.3 Å². The van der Waals surface area contributed by atoms with Crippen molar-refractivity contribution in [1.29, 1.82) is 0 Å². The van der Waals surface area contributed by atoms with E-state index in [1.807, 2.05) is 0 Å². The van der Waals surface area contributed by atoms with Crippen molar-refractivity contribution in [2.24, 2.45) is 14.1 Å². The van der Waals surface area contributed by atoms with Crippen molar-refractivity contribution in [3.05, 3.63) is 30.4 Å². The van der Waals surface area contributed by atoms with E-state index in [9.17, 15) is 21.6 Å². The number of alkyl halides is 3. The quantitative estimate of drug-likeness (QED) is 0.523. The molecule has 30 heavy (non-hydrogen) atoms. The number of halogens is 3. The maximum Gasteiger partial charge on any atom is 0.433 e. The van der Waals surface area contributed by atoms with Gasteiger partial charge in [0.25, 0.3) is 0 Å². The summed E-state index contributed by atoms with van der Waals surface area (Å²) in [5.41, 5.74) is -0.140. The first-order valence-electron chi connectivity index (χ1n) is 8.73. The second-order valence-electron chi connectivity index (χ2n) is 6.59. The van der Waals surface area contributed by atoms with E-state index >= 15 is 0 Å². The van der Waals surface area contributed by atoms with Crippen LogP contribution in [-0.2, 0) is 30.1 Å². The van der Waals surface area contributed by atoms with Gasteiger partial charge in [-0.05, 0) is 6.07 Å². The highest BCUT2D eigenvalue weighted by Gasteiger charge is 2.34. The third kappa shape index (κ3) is 3.05. The van der Waals surface area contributed by atoms with E-state index in [0.29, 0.717) is 16.9 Å². The molecule has 9 nitrogen and oxygen atoms in total. The van der Waals surface area contributed by atoms with Crippen LogP contribution in [0.1, 0.15) is 12.6 Å². The Labute approximate surface area is 168 Å². The zero-order chi connectivity index (χ0) is 21.8. The van der Waals surface area contributed by atoms with Gasteiger partial charge in [-0.3, -0.25) is 5.10 Å². The van der Waals surface area contributed by atoms with Gasteiger partial charge in [0.2, 0.25) is 0 Å². The molecule has 0 unspecified atom stereocenters. The van der Waals surface area contributed by atoms with E-state index in [1.54, 1.807) is 20.3 Å². The molecule has 0 fully saturated rings. The molecular formula is C17H16F3N7O2S. The average molecular weight is 439 g/mol. The van der Waals surface area contributed by atoms with Crippen molar-refractivity contribution >= 4 is 20.9 Å². The molecule has 4 heterocycles. The number of H-pyrrole nitrogens is 1. The molecule has 0 radical (unpaired) electrons. The van der Waals surface area contributed by atoms with Gasteiger partial charge in [0.1, 0.15) is 17.2 Å². The number of fused-ring (bicyclic) bond motifs is 1. The van der Waals surface area contributed by atoms with Crippen LogP contribution in [0.15, 0.2) is 29.7 Å². The van der Waals surface area contributed by atoms with Crippen LogP contribution in [0.25, 0.3) is 33.9 Å². The van der Waals surface area contributed by atoms with Gasteiger partial charge in [-0.1, -0.05) is 6.92 Å². The number of sulfone groups is 1. The average Bonchev–Trinajstić information content (AvgIpc) is 3.39. The van der Waals surface area contributed by atoms with Crippen LogP contribution in [0.5, 0.6) is 0 Å². The number of aromatic amines is 1. The zero-order valence-corrected chi connectivity index (χ0v) is 16.9. The summed E-state index contributed by atoms with van der Waals surface area (Å²) in [6, 6.07) is 0.826. The first-order valence-corrected chi connectivity index (χ1v) is 10.4. The van der Waals surface area contributed by atoms with Gasteiger partial charge < -0.3 is 9.13 Å². The molecule has 0 spiro atoms. The molecule has 0 saturated heterocycles. The van der Waals surface area contributed by atoms with E-state index in [4.69, 9.17) is 0 Å². The Morgan fingerprint density at radius 1 is 1.10 bits per heavy atom. The van der Waals surface area contributed by atoms with E-state index in [0.717, 1.165) is 12.3 Å². The fourth-order valence-corrected chi connectivity index (χ4v) is 4.42. The van der Waals surface area contributed by atoms with Crippen molar-refractivity contribution in [3.63, 3.8) is 0 Å². The SMILES string of the molecule is CCS(=O)(=O)c1c(-c2nc3cc(C(F)(F)F)ncc3n2C)nc(-c2cn[nH]c2)n1C. The summed E-state index contributed by atoms with van der Waals surface area (Å²) in [6.07, 6.45) is -0.517. The molecule has 0 bridgehead atoms. The van der Waals surface area contributed by atoms with Gasteiger partial charge in [0, 0.05) is 20.3 Å². The Morgan fingerprint density at radius 3 is 2.43 bits per heavy atom. The number of hydrogen-bond acceptors (Lipinski definition) is 6. The van der Waals surface area contributed by atoms with Gasteiger partial charge >= 0.3 is 6.18 Å². The molecule has 4 aromatic heterocycles. The van der Waals surface area contributed by atoms with Crippen LogP contribution in [0.3, 0.4) is 0 Å². The smallest absolute Gasteiger partial charge is 0.324 e. The zero-order valence-electron chi connectivity index (χ0n) is 16.1. The topological polar surface area (TPSA) is 111 Å². The standard InChI is InChI=1S/C17H16F3N7O2S/c1-4-30(28,29)16-13(25-14(27(16)3)9-6-22-23-7-9)15-24-10-5-12(17(18,19)20)21-8-11(10)26(15)2/h5-8H,4H2,1-3H3,(H,22,23). The molecule has 0 aromatic carbocycles. The number of nitrogens with one attached hydrogen (secondary N) is 1. The summed E-state index contributed by atoms with van der Waals surface area (Å²) in [5.74, 6) is 0.254. The molecule has 0 amide bonds. The van der Waals surface area contributed by atoms with Gasteiger partial charge in [-0.2, -0.15) is 18.3 Å². The summed E-state index contributed by atoms with van der Waals surface area (Å²) in [6.45, 7) is 1.50. The van der Waals surface area contributed by atoms with Crippen LogP contribution in [0.2, 0.25) is 0 Å². The van der Waals surface area contributed by atoms with E-state index in [1.165, 1.54) is 22.3 Å². The van der Waals surface area contributed by atoms with Crippen molar-refractivity contribution in [3.8, 4) is 22.9 Å². The van der Waals surface area contributed by atoms with Crippen molar-refractivity contribution in [2.75, 3.05) is 5.75 Å². The minimum Gasteiger partial charge on any atom is -0.324 e. The highest BCUT2D eigenvalue weighted by atomic mass is 32.2. The fraction of sp³-hybridized carbons (Fsp3) is 0.294. The molecule has 1 N–H and O–H groups in total. The Hall–Kier alpha value is -3.22. The molecule has 0 aliphatic carbocycles. The molecule has 13 heteroatoms. The Bertz CT molecular complexity index is 1350. The molecule has 4 aromatic rings. The summed E-state index contributed by atoms with van der Waals surface area (Å²) < 4.78 is 67.6. The van der Waals surface area contributed by atoms with Gasteiger partial charge in [0.15, 0.2) is 20.7 Å². The maximum atomic E-state index is 13.0. The highest BCUT2D eigenvalue weighted by Crippen LogP contribution is 2.34. The fourth-order valence-electron chi connectivity index (χ4n) is 3.21. The minimum absolute atomic E-state index is 0.0326. The molecule has 0 saturated carbocycles. The number of pyridine rings is 1. The number of nitrogens with zero attached hydrogens (tertiary/aromatic N) is 6. The number of aryl methyl sites for hydroxylation is 1. The second-order valence-corrected chi connectivity index (χ2v) is 8.78. The van der Waals surface area contributed by atoms with Gasteiger partial charge in [-0.25, -0.2) is 23.4 Å². The third-order valence-electron chi connectivity index (χ3n) is 4.74. The van der Waals surface area contributed by atoms with Crippen molar-refractivity contribution < 1.29 is 21.6 Å². The Kier molecular flexibility index (Phi) is 4.45. The van der Waals surface area contributed by atoms with Crippen LogP contribution in [0, 0.1) is 0 Å². The van der Waals surface area contributed by atoms with Gasteiger partial charge in [-0.15, -0.1) is 0 Å². The highest BCUT2D eigenvalue weighted by molar-refractivity contribution is 7.91. The number of imidazole rings is 2. The Morgan fingerprint density at radius 2 is 1.83 bits per heavy atom. The van der Waals surface area contributed by atoms with Crippen LogP contribution in [-0.4, -0.2) is 48.5 Å². The van der Waals surface area contributed by atoms with Crippen LogP contribution >= 0.6 is 0 Å². The van der Waals surface area contributed by atoms with Crippen LogP contribution < -0.4 is 0 Å². The van der Waals surface area contributed by atoms with E-state index in [-0.39, 0.29) is 27.8 Å². The first-order chi connectivity index (χ1) is 14.0. The Balaban J connectivity index is 2.01. The lowest BCUT2D eigenvalue weighted by molar-refractivity contribution is -0.141. The number of hydrogen-bond donors (Lipinski definition) is 1. The summed E-state index contributed by atoms with van der Waals surface area (Å²) in [7, 11) is -0.630. The normalized spacial score (nSPS) is 12.7. The van der Waals surface area contributed by atoms with E-state index in [2.05, 4.69) is 25.1 Å². The minimum atomic E-state index is -4.62. The maximum absolute atomic E-state index is 13.0. The predicted molar refractivity (Wildman–Crippen MR) is 101 cm³/mol. The monoisotopic (exact) mass is 439 g/mol. The predicted octanol–water partition coefficient (Wildman–Crippen LogP) is 2.57. The lowest BCUT2D eigenvalue weighted by atomic mass is 10.3. The summed E-state index contributed by atoms with van der Waals surface area (Å²) >= 11 is 0. The third-order valence-corrected chi connectivity index (χ3v) is 6.56. The molecular weight excluding hydrogens is 423 g/mol. The lowest BCUT2D eigenvalue weighted by Gasteiger charge is -2.07. The van der Waals surface area contributed by atoms with Crippen LogP contribution in [0.4, 0.5) is 13.2 Å². The molecule has 0 atom stereocenters. The van der Waals surface area contributed by atoms with E-state index < -0.39 is 21.7 Å². The summed E-state index contributed by atoms with van der Waals surface area (Å²) in [4.78, 5) is 12.2. The number of rotatable bonds is 4. The summed E-state index contributed by atoms with van der Waals surface area (Å²) in [5, 5.41) is 6.42. The van der Waals surface area contributed by atoms with Gasteiger partial charge in [0.05, 0.1) is 34.7 Å². The largest absolute Gasteiger partial charge is 0.433 e. The first kappa shape index (κ1) is 20.1. The second kappa shape index (κ2) is 6.65. The molecule has 4 rings (SSSR count). The molecule has 158 valence electrons. The number of aromatic nitrogens is 7. The molecule has 0 aliphatic rings. The van der Waals surface area contributed by atoms with Crippen molar-refractivity contribution in [2.45, 2.75) is 18.1 Å². The lowest BCUT2D eigenvalue weighted by Crippen LogP contribution is -2.11.